The summed E-state index contributed by atoms with van der Waals surface area (Å²) >= 11 is 0. The van der Waals surface area contributed by atoms with Gasteiger partial charge in [-0.2, -0.15) is 0 Å². The maximum absolute atomic E-state index is 12.9. The number of nitrogens with two attached hydrogens (primary N) is 2. The third-order valence-corrected chi connectivity index (χ3v) is 6.27. The molecule has 1 aliphatic heterocycles. The summed E-state index contributed by atoms with van der Waals surface area (Å²) in [6.07, 6.45) is 1.46. The van der Waals surface area contributed by atoms with Crippen molar-refractivity contribution in [3.63, 3.8) is 0 Å². The molecule has 0 radical (unpaired) electrons. The number of rotatable bonds is 17. The number of likely N-dealkylation sites (tertiary alicyclic amines) is 1. The average Bonchev–Trinajstić information content (AvgIpc) is 3.34. The first-order valence-electron chi connectivity index (χ1n) is 13.0. The minimum Gasteiger partial charge on any atom is -0.481 e. The van der Waals surface area contributed by atoms with E-state index in [-0.39, 0.29) is 31.7 Å². The van der Waals surface area contributed by atoms with Crippen LogP contribution in [0.3, 0.4) is 0 Å². The molecule has 1 aliphatic rings. The highest BCUT2D eigenvalue weighted by molar-refractivity contribution is 5.96. The zero-order chi connectivity index (χ0) is 29.7. The molecule has 15 heteroatoms. The summed E-state index contributed by atoms with van der Waals surface area (Å²) in [5.41, 5.74) is 11.1. The van der Waals surface area contributed by atoms with Gasteiger partial charge in [0.1, 0.15) is 24.2 Å². The number of aliphatic carboxylic acids is 2. The number of aliphatic hydroxyl groups excluding tert-OH is 1. The Kier molecular flexibility index (Phi) is 14.4. The van der Waals surface area contributed by atoms with Gasteiger partial charge in [0.15, 0.2) is 0 Å². The molecule has 15 nitrogen and oxygen atoms in total. The van der Waals surface area contributed by atoms with Crippen LogP contribution in [-0.2, 0) is 28.8 Å². The zero-order valence-electron chi connectivity index (χ0n) is 22.4. The van der Waals surface area contributed by atoms with Crippen molar-refractivity contribution in [2.75, 3.05) is 19.7 Å². The molecule has 39 heavy (non-hydrogen) atoms. The van der Waals surface area contributed by atoms with Crippen LogP contribution in [0, 0.1) is 5.92 Å². The fraction of sp³-hybridized carbons (Fsp3) is 0.750. The number of carbonyl (C=O) groups excluding carboxylic acids is 4. The monoisotopic (exact) mass is 558 g/mol. The second-order valence-electron chi connectivity index (χ2n) is 10.0. The molecular weight excluding hydrogens is 516 g/mol. The molecule has 1 heterocycles. The highest BCUT2D eigenvalue weighted by Crippen LogP contribution is 2.19. The molecule has 4 amide bonds. The fourth-order valence-electron chi connectivity index (χ4n) is 4.25. The van der Waals surface area contributed by atoms with E-state index in [1.165, 1.54) is 0 Å². The number of unbranched alkanes of at least 4 members (excludes halogenated alkanes) is 1. The predicted octanol–water partition coefficient (Wildman–Crippen LogP) is -2.51. The Morgan fingerprint density at radius 3 is 2.10 bits per heavy atom. The number of carboxylic acid groups (broad SMARTS) is 2. The minimum absolute atomic E-state index is 0.0724. The number of aliphatic hydroxyl groups is 1. The molecule has 1 fully saturated rings. The minimum atomic E-state index is -1.47. The van der Waals surface area contributed by atoms with Crippen molar-refractivity contribution in [1.82, 2.24) is 20.9 Å². The summed E-state index contributed by atoms with van der Waals surface area (Å²) in [4.78, 5) is 74.9. The maximum atomic E-state index is 12.9. The number of nitrogens with zero attached hydrogens (tertiary/aromatic N) is 1. The first-order valence-corrected chi connectivity index (χ1v) is 13.0. The zero-order valence-corrected chi connectivity index (χ0v) is 22.4. The Morgan fingerprint density at radius 2 is 1.56 bits per heavy atom. The molecule has 222 valence electrons. The third kappa shape index (κ3) is 11.1. The summed E-state index contributed by atoms with van der Waals surface area (Å²) in [5, 5.41) is 35.4. The molecule has 0 aliphatic carbocycles. The van der Waals surface area contributed by atoms with E-state index >= 15 is 0 Å². The lowest BCUT2D eigenvalue weighted by Crippen LogP contribution is -2.59. The average molecular weight is 559 g/mol. The normalized spacial score (nSPS) is 18.1. The Hall–Kier alpha value is -3.30. The quantitative estimate of drug-likeness (QED) is 0.0865. The van der Waals surface area contributed by atoms with Crippen LogP contribution < -0.4 is 27.4 Å². The van der Waals surface area contributed by atoms with Gasteiger partial charge in [0, 0.05) is 6.54 Å². The number of carbonyl (C=O) groups is 6. The lowest BCUT2D eigenvalue weighted by molar-refractivity contribution is -0.144. The van der Waals surface area contributed by atoms with Crippen molar-refractivity contribution in [2.45, 2.75) is 89.0 Å². The third-order valence-electron chi connectivity index (χ3n) is 6.27. The molecular formula is C24H42N6O9. The lowest BCUT2D eigenvalue weighted by Gasteiger charge is -2.28. The van der Waals surface area contributed by atoms with E-state index in [2.05, 4.69) is 16.0 Å². The topological polar surface area (TPSA) is 254 Å². The summed E-state index contributed by atoms with van der Waals surface area (Å²) in [6, 6.07) is -6.14. The molecule has 5 atom stereocenters. The van der Waals surface area contributed by atoms with Crippen molar-refractivity contribution < 1.29 is 44.1 Å². The van der Waals surface area contributed by atoms with Crippen LogP contribution in [0.25, 0.3) is 0 Å². The van der Waals surface area contributed by atoms with Gasteiger partial charge < -0.3 is 47.6 Å². The summed E-state index contributed by atoms with van der Waals surface area (Å²) < 4.78 is 0. The number of nitrogens with one attached hydrogen (secondary N) is 3. The van der Waals surface area contributed by atoms with Crippen molar-refractivity contribution >= 4 is 35.6 Å². The van der Waals surface area contributed by atoms with Gasteiger partial charge in [-0.15, -0.1) is 0 Å². The van der Waals surface area contributed by atoms with E-state index in [1.807, 2.05) is 0 Å². The van der Waals surface area contributed by atoms with Gasteiger partial charge in [-0.25, -0.2) is 4.79 Å². The van der Waals surface area contributed by atoms with Gasteiger partial charge in [0.25, 0.3) is 0 Å². The van der Waals surface area contributed by atoms with Crippen LogP contribution in [0.15, 0.2) is 0 Å². The van der Waals surface area contributed by atoms with Crippen LogP contribution in [-0.4, -0.2) is 106 Å². The first-order chi connectivity index (χ1) is 18.3. The molecule has 0 aromatic carbocycles. The van der Waals surface area contributed by atoms with E-state index in [4.69, 9.17) is 16.6 Å². The van der Waals surface area contributed by atoms with Crippen molar-refractivity contribution in [3.05, 3.63) is 0 Å². The van der Waals surface area contributed by atoms with Crippen LogP contribution in [0.1, 0.15) is 58.8 Å². The Bertz CT molecular complexity index is 884. The van der Waals surface area contributed by atoms with Crippen LogP contribution >= 0.6 is 0 Å². The Labute approximate surface area is 227 Å². The molecule has 0 spiro atoms. The lowest BCUT2D eigenvalue weighted by atomic mass is 10.0. The highest BCUT2D eigenvalue weighted by Gasteiger charge is 2.38. The van der Waals surface area contributed by atoms with Crippen LogP contribution in [0.5, 0.6) is 0 Å². The number of carboxylic acids is 2. The fourth-order valence-corrected chi connectivity index (χ4v) is 4.25. The molecule has 5 unspecified atom stereocenters. The summed E-state index contributed by atoms with van der Waals surface area (Å²) in [5.74, 6) is -5.62. The predicted molar refractivity (Wildman–Crippen MR) is 138 cm³/mol. The SMILES string of the molecule is CC(C)CC(NC(=O)C(CO)NC(=O)C1CCCN1C(=O)C(N)CC(=O)O)C(=O)NC(CCCCN)C(=O)O. The van der Waals surface area contributed by atoms with Gasteiger partial charge in [-0.3, -0.25) is 24.0 Å². The standard InChI is InChI=1S/C24H42N6O9/c1-13(2)10-16(20(34)27-15(24(38)39)6-3-4-8-25)28-21(35)17(12-31)29-22(36)18-7-5-9-30(18)23(37)14(26)11-19(32)33/h13-18,31H,3-12,25-26H2,1-2H3,(H,27,34)(H,28,35)(H,29,36)(H,32,33)(H,38,39). The number of amides is 4. The van der Waals surface area contributed by atoms with Gasteiger partial charge >= 0.3 is 11.9 Å². The molecule has 0 bridgehead atoms. The van der Waals surface area contributed by atoms with Gasteiger partial charge in [-0.1, -0.05) is 13.8 Å². The van der Waals surface area contributed by atoms with Crippen molar-refractivity contribution in [2.24, 2.45) is 17.4 Å². The van der Waals surface area contributed by atoms with E-state index in [0.717, 1.165) is 4.90 Å². The van der Waals surface area contributed by atoms with E-state index in [1.54, 1.807) is 13.8 Å². The smallest absolute Gasteiger partial charge is 0.326 e. The Morgan fingerprint density at radius 1 is 0.949 bits per heavy atom. The Balaban J connectivity index is 2.90. The maximum Gasteiger partial charge on any atom is 0.326 e. The molecule has 0 aromatic rings. The highest BCUT2D eigenvalue weighted by atomic mass is 16.4. The second-order valence-corrected chi connectivity index (χ2v) is 10.0. The number of hydrogen-bond donors (Lipinski definition) is 8. The second kappa shape index (κ2) is 16.6. The van der Waals surface area contributed by atoms with E-state index < -0.39 is 78.8 Å². The van der Waals surface area contributed by atoms with E-state index in [0.29, 0.717) is 25.8 Å². The van der Waals surface area contributed by atoms with Crippen molar-refractivity contribution in [1.29, 1.82) is 0 Å². The van der Waals surface area contributed by atoms with E-state index in [9.17, 15) is 39.0 Å². The van der Waals surface area contributed by atoms with Crippen LogP contribution in [0.2, 0.25) is 0 Å². The molecule has 10 N–H and O–H groups in total. The first kappa shape index (κ1) is 33.7. The number of hydrogen-bond acceptors (Lipinski definition) is 9. The van der Waals surface area contributed by atoms with Gasteiger partial charge in [0.05, 0.1) is 19.1 Å². The molecule has 1 rings (SSSR count). The van der Waals surface area contributed by atoms with Crippen molar-refractivity contribution in [3.8, 4) is 0 Å². The molecule has 1 saturated heterocycles. The van der Waals surface area contributed by atoms with Gasteiger partial charge in [-0.05, 0) is 51.0 Å². The van der Waals surface area contributed by atoms with Gasteiger partial charge in [0.2, 0.25) is 23.6 Å². The molecule has 0 saturated carbocycles. The summed E-state index contributed by atoms with van der Waals surface area (Å²) in [6.45, 7) is 3.34. The molecule has 0 aromatic heterocycles. The van der Waals surface area contributed by atoms with Crippen LogP contribution in [0.4, 0.5) is 0 Å². The largest absolute Gasteiger partial charge is 0.481 e. The summed E-state index contributed by atoms with van der Waals surface area (Å²) in [7, 11) is 0.